The Morgan fingerprint density at radius 1 is 1.24 bits per heavy atom. The number of nitrogens with one attached hydrogen (secondary N) is 2. The Bertz CT molecular complexity index is 825. The standard InChI is InChI=1S/C18H21N5OS/c1-3-19-18(22-11-16-20-9-13(2)25-16)21-10-15-12-24-17(23-15)14-7-5-4-6-8-14/h4-9,12H,3,10-11H2,1-2H3,(H2,19,21,22). The van der Waals surface area contributed by atoms with E-state index in [9.17, 15) is 0 Å². The van der Waals surface area contributed by atoms with E-state index in [1.54, 1.807) is 17.6 Å². The van der Waals surface area contributed by atoms with Crippen molar-refractivity contribution in [3.63, 3.8) is 0 Å². The van der Waals surface area contributed by atoms with Crippen LogP contribution in [0.2, 0.25) is 0 Å². The van der Waals surface area contributed by atoms with E-state index in [-0.39, 0.29) is 0 Å². The number of benzene rings is 1. The summed E-state index contributed by atoms with van der Waals surface area (Å²) in [4.78, 5) is 14.6. The van der Waals surface area contributed by atoms with Crippen LogP contribution >= 0.6 is 11.3 Å². The molecule has 0 aliphatic rings. The van der Waals surface area contributed by atoms with Gasteiger partial charge in [0.25, 0.3) is 0 Å². The second-order valence-electron chi connectivity index (χ2n) is 5.42. The van der Waals surface area contributed by atoms with Crippen molar-refractivity contribution >= 4 is 17.3 Å². The minimum atomic E-state index is 0.447. The van der Waals surface area contributed by atoms with Gasteiger partial charge in [-0.25, -0.2) is 15.0 Å². The maximum absolute atomic E-state index is 5.55. The summed E-state index contributed by atoms with van der Waals surface area (Å²) < 4.78 is 5.55. The smallest absolute Gasteiger partial charge is 0.226 e. The molecule has 0 aliphatic heterocycles. The van der Waals surface area contributed by atoms with Crippen LogP contribution in [-0.2, 0) is 13.1 Å². The molecule has 3 rings (SSSR count). The topological polar surface area (TPSA) is 75.3 Å². The third kappa shape index (κ3) is 4.90. The number of rotatable bonds is 6. The molecule has 0 radical (unpaired) electrons. The summed E-state index contributed by atoms with van der Waals surface area (Å²) in [5.74, 6) is 1.35. The van der Waals surface area contributed by atoms with E-state index in [0.29, 0.717) is 19.0 Å². The van der Waals surface area contributed by atoms with Gasteiger partial charge in [0.1, 0.15) is 17.0 Å². The molecule has 2 aromatic heterocycles. The molecule has 6 nitrogen and oxygen atoms in total. The molecule has 0 saturated heterocycles. The predicted octanol–water partition coefficient (Wildman–Crippen LogP) is 3.36. The van der Waals surface area contributed by atoms with Gasteiger partial charge in [-0.15, -0.1) is 11.3 Å². The van der Waals surface area contributed by atoms with Crippen LogP contribution in [0.15, 0.2) is 52.2 Å². The number of oxazole rings is 1. The van der Waals surface area contributed by atoms with Crippen LogP contribution in [0.4, 0.5) is 0 Å². The molecule has 0 aliphatic carbocycles. The highest BCUT2D eigenvalue weighted by atomic mass is 32.1. The van der Waals surface area contributed by atoms with Crippen LogP contribution in [0.3, 0.4) is 0 Å². The zero-order chi connectivity index (χ0) is 17.5. The first-order valence-electron chi connectivity index (χ1n) is 8.18. The van der Waals surface area contributed by atoms with Gasteiger partial charge in [-0.3, -0.25) is 0 Å². The minimum absolute atomic E-state index is 0.447. The molecule has 0 bridgehead atoms. The van der Waals surface area contributed by atoms with E-state index in [1.807, 2.05) is 43.5 Å². The van der Waals surface area contributed by atoms with Crippen LogP contribution in [0.25, 0.3) is 11.5 Å². The summed E-state index contributed by atoms with van der Waals surface area (Å²) in [6.07, 6.45) is 3.53. The molecule has 25 heavy (non-hydrogen) atoms. The first kappa shape index (κ1) is 17.2. The molecule has 0 fully saturated rings. The normalized spacial score (nSPS) is 11.5. The summed E-state index contributed by atoms with van der Waals surface area (Å²) in [5, 5.41) is 7.55. The molecule has 0 amide bonds. The van der Waals surface area contributed by atoms with E-state index >= 15 is 0 Å². The maximum atomic E-state index is 5.55. The van der Waals surface area contributed by atoms with Crippen molar-refractivity contribution in [2.24, 2.45) is 4.99 Å². The quantitative estimate of drug-likeness (QED) is 0.524. The van der Waals surface area contributed by atoms with Gasteiger partial charge in [-0.1, -0.05) is 18.2 Å². The van der Waals surface area contributed by atoms with Crippen molar-refractivity contribution in [2.75, 3.05) is 6.54 Å². The van der Waals surface area contributed by atoms with E-state index in [2.05, 4.69) is 32.5 Å². The van der Waals surface area contributed by atoms with Gasteiger partial charge >= 0.3 is 0 Å². The van der Waals surface area contributed by atoms with Crippen molar-refractivity contribution in [3.05, 3.63) is 58.4 Å². The lowest BCUT2D eigenvalue weighted by atomic mass is 10.2. The second-order valence-corrected chi connectivity index (χ2v) is 6.74. The first-order chi connectivity index (χ1) is 12.2. The Labute approximate surface area is 151 Å². The number of thiazole rings is 1. The zero-order valence-corrected chi connectivity index (χ0v) is 15.1. The first-order valence-corrected chi connectivity index (χ1v) is 8.99. The summed E-state index contributed by atoms with van der Waals surface area (Å²) in [7, 11) is 0. The molecule has 0 saturated carbocycles. The number of hydrogen-bond donors (Lipinski definition) is 2. The number of guanidine groups is 1. The van der Waals surface area contributed by atoms with Crippen LogP contribution in [0.1, 0.15) is 22.5 Å². The van der Waals surface area contributed by atoms with Gasteiger partial charge in [0, 0.05) is 23.2 Å². The van der Waals surface area contributed by atoms with Crippen LogP contribution < -0.4 is 10.6 Å². The molecule has 0 atom stereocenters. The molecule has 3 aromatic rings. The highest BCUT2D eigenvalue weighted by molar-refractivity contribution is 7.11. The fourth-order valence-corrected chi connectivity index (χ4v) is 2.96. The van der Waals surface area contributed by atoms with Crippen molar-refractivity contribution < 1.29 is 4.42 Å². The Kier molecular flexibility index (Phi) is 5.79. The average molecular weight is 355 g/mol. The number of aliphatic imine (C=N–C) groups is 1. The maximum Gasteiger partial charge on any atom is 0.226 e. The second kappa shape index (κ2) is 8.43. The number of aryl methyl sites for hydroxylation is 1. The van der Waals surface area contributed by atoms with Crippen LogP contribution in [0.5, 0.6) is 0 Å². The molecular weight excluding hydrogens is 334 g/mol. The Balaban J connectivity index is 1.62. The van der Waals surface area contributed by atoms with Crippen molar-refractivity contribution in [1.29, 1.82) is 0 Å². The van der Waals surface area contributed by atoms with Crippen molar-refractivity contribution in [2.45, 2.75) is 26.9 Å². The molecule has 2 N–H and O–H groups in total. The molecule has 2 heterocycles. The zero-order valence-electron chi connectivity index (χ0n) is 14.3. The third-order valence-corrected chi connectivity index (χ3v) is 4.30. The fraction of sp³-hybridized carbons (Fsp3) is 0.278. The molecule has 0 spiro atoms. The molecule has 1 aromatic carbocycles. The number of nitrogens with zero attached hydrogens (tertiary/aromatic N) is 3. The van der Waals surface area contributed by atoms with Gasteiger partial charge < -0.3 is 15.1 Å². The highest BCUT2D eigenvalue weighted by Gasteiger charge is 2.07. The molecule has 7 heteroatoms. The van der Waals surface area contributed by atoms with E-state index < -0.39 is 0 Å². The lowest BCUT2D eigenvalue weighted by Gasteiger charge is -2.09. The molecule has 0 unspecified atom stereocenters. The van der Waals surface area contributed by atoms with Gasteiger partial charge in [0.2, 0.25) is 5.89 Å². The Morgan fingerprint density at radius 3 is 2.80 bits per heavy atom. The summed E-state index contributed by atoms with van der Waals surface area (Å²) in [6, 6.07) is 9.84. The summed E-state index contributed by atoms with van der Waals surface area (Å²) in [6.45, 7) is 5.97. The van der Waals surface area contributed by atoms with Crippen LogP contribution in [0, 0.1) is 6.92 Å². The van der Waals surface area contributed by atoms with Gasteiger partial charge in [-0.2, -0.15) is 0 Å². The van der Waals surface area contributed by atoms with Crippen LogP contribution in [-0.4, -0.2) is 22.5 Å². The van der Waals surface area contributed by atoms with E-state index in [1.165, 1.54) is 4.88 Å². The molecular formula is C18H21N5OS. The van der Waals surface area contributed by atoms with Crippen molar-refractivity contribution in [3.8, 4) is 11.5 Å². The Morgan fingerprint density at radius 2 is 2.08 bits per heavy atom. The summed E-state index contributed by atoms with van der Waals surface area (Å²) in [5.41, 5.74) is 1.75. The highest BCUT2D eigenvalue weighted by Crippen LogP contribution is 2.18. The SMILES string of the molecule is CCNC(=NCc1coc(-c2ccccc2)n1)NCc1ncc(C)s1. The number of aromatic nitrogens is 2. The van der Waals surface area contributed by atoms with E-state index in [4.69, 9.17) is 4.42 Å². The minimum Gasteiger partial charge on any atom is -0.444 e. The fourth-order valence-electron chi connectivity index (χ4n) is 2.24. The van der Waals surface area contributed by atoms with Gasteiger partial charge in [-0.05, 0) is 26.0 Å². The monoisotopic (exact) mass is 355 g/mol. The van der Waals surface area contributed by atoms with Gasteiger partial charge in [0.05, 0.1) is 13.1 Å². The third-order valence-electron chi connectivity index (χ3n) is 3.39. The summed E-state index contributed by atoms with van der Waals surface area (Å²) >= 11 is 1.68. The largest absolute Gasteiger partial charge is 0.444 e. The number of hydrogen-bond acceptors (Lipinski definition) is 5. The predicted molar refractivity (Wildman–Crippen MR) is 100 cm³/mol. The Hall–Kier alpha value is -2.67. The molecule has 130 valence electrons. The van der Waals surface area contributed by atoms with E-state index in [0.717, 1.165) is 28.8 Å². The van der Waals surface area contributed by atoms with Gasteiger partial charge in [0.15, 0.2) is 5.96 Å². The average Bonchev–Trinajstić information content (AvgIpc) is 3.27. The lowest BCUT2D eigenvalue weighted by Crippen LogP contribution is -2.36. The van der Waals surface area contributed by atoms with Crippen molar-refractivity contribution in [1.82, 2.24) is 20.6 Å². The lowest BCUT2D eigenvalue weighted by molar-refractivity contribution is 0.572.